The number of nitrogens with zero attached hydrogens (tertiary/aromatic N) is 1. The molecular weight excluding hydrogens is 410 g/mol. The van der Waals surface area contributed by atoms with E-state index >= 15 is 0 Å². The molecule has 158 valence electrons. The van der Waals surface area contributed by atoms with Crippen LogP contribution in [0.4, 0.5) is 4.79 Å². The summed E-state index contributed by atoms with van der Waals surface area (Å²) in [6.07, 6.45) is 2.94. The fourth-order valence-electron chi connectivity index (χ4n) is 3.26. The van der Waals surface area contributed by atoms with Crippen molar-refractivity contribution in [2.45, 2.75) is 30.1 Å². The van der Waals surface area contributed by atoms with E-state index in [1.54, 1.807) is 0 Å². The lowest BCUT2D eigenvalue weighted by molar-refractivity contribution is -0.756. The Balaban J connectivity index is 1.72. The van der Waals surface area contributed by atoms with Gasteiger partial charge in [0.1, 0.15) is 19.0 Å². The zero-order valence-electron chi connectivity index (χ0n) is 16.1. The number of nitrogens with one attached hydrogen (secondary N) is 1. The van der Waals surface area contributed by atoms with Crippen molar-refractivity contribution in [1.82, 2.24) is 5.32 Å². The van der Waals surface area contributed by atoms with Crippen LogP contribution in [0.25, 0.3) is 0 Å². The van der Waals surface area contributed by atoms with E-state index in [-0.39, 0.29) is 19.4 Å². The highest BCUT2D eigenvalue weighted by Crippen LogP contribution is 2.26. The summed E-state index contributed by atoms with van der Waals surface area (Å²) in [7, 11) is 0. The molecule has 9 nitrogen and oxygen atoms in total. The molecule has 3 atom stereocenters. The smallest absolute Gasteiger partial charge is 0.422 e. The maximum atomic E-state index is 12.7. The minimum atomic E-state index is -1.47. The number of esters is 1. The predicted molar refractivity (Wildman–Crippen MR) is 106 cm³/mol. The quantitative estimate of drug-likeness (QED) is 0.256. The first-order valence-electron chi connectivity index (χ1n) is 9.28. The van der Waals surface area contributed by atoms with Gasteiger partial charge in [0.2, 0.25) is 6.29 Å². The number of imide groups is 1. The molecule has 10 heteroatoms. The number of hydrogen-bond donors (Lipinski definition) is 3. The number of amides is 4. The van der Waals surface area contributed by atoms with Crippen LogP contribution in [0.3, 0.4) is 0 Å². The fourth-order valence-corrected chi connectivity index (χ4v) is 4.17. The second-order valence-electron chi connectivity index (χ2n) is 7.03. The number of carbonyl (C=O) groups is 4. The fraction of sp³-hybridized carbons (Fsp3) is 0.350. The van der Waals surface area contributed by atoms with Gasteiger partial charge in [0.05, 0.1) is 6.42 Å². The third-order valence-electron chi connectivity index (χ3n) is 4.84. The molecule has 1 aromatic carbocycles. The van der Waals surface area contributed by atoms with Gasteiger partial charge in [-0.25, -0.2) is 9.59 Å². The first-order valence-corrected chi connectivity index (χ1v) is 10.3. The van der Waals surface area contributed by atoms with E-state index < -0.39 is 47.2 Å². The van der Waals surface area contributed by atoms with Crippen molar-refractivity contribution in [2.75, 3.05) is 18.8 Å². The predicted octanol–water partition coefficient (Wildman–Crippen LogP) is 0.362. The van der Waals surface area contributed by atoms with Crippen molar-refractivity contribution in [3.8, 4) is 0 Å². The summed E-state index contributed by atoms with van der Waals surface area (Å²) in [5.74, 6) is -1.53. The normalized spacial score (nSPS) is 26.5. The molecule has 1 fully saturated rings. The van der Waals surface area contributed by atoms with E-state index in [0.29, 0.717) is 5.75 Å². The van der Waals surface area contributed by atoms with Crippen LogP contribution in [0, 0.1) is 6.42 Å². The van der Waals surface area contributed by atoms with Gasteiger partial charge in [0.25, 0.3) is 5.91 Å². The van der Waals surface area contributed by atoms with Crippen LogP contribution in [-0.2, 0) is 19.1 Å². The lowest BCUT2D eigenvalue weighted by Gasteiger charge is -2.30. The standard InChI is InChI=1S/C20H21N3O6S/c21-20(28)23(11-16(24)22-15-9-18(26)29-19(15)27)10-13(5-4-8-17(23)25)12-30-14-6-2-1-3-7-14/h1-3,5-7,15,19,27H,4,9-12H2,(H2-,21,22,24,28)/p+1/t15?,19?,23-/m1/s1. The summed E-state index contributed by atoms with van der Waals surface area (Å²) in [6, 6.07) is 7.71. The van der Waals surface area contributed by atoms with Gasteiger partial charge in [-0.1, -0.05) is 24.3 Å². The maximum Gasteiger partial charge on any atom is 0.422 e. The Hall–Kier alpha value is -2.69. The number of allylic oxidation sites excluding steroid dienone is 1. The van der Waals surface area contributed by atoms with E-state index in [1.165, 1.54) is 11.8 Å². The number of carbonyl (C=O) groups excluding carboxylic acids is 4. The van der Waals surface area contributed by atoms with Crippen LogP contribution >= 0.6 is 11.8 Å². The number of urea groups is 1. The second-order valence-corrected chi connectivity index (χ2v) is 8.08. The van der Waals surface area contributed by atoms with E-state index in [4.69, 9.17) is 5.73 Å². The van der Waals surface area contributed by atoms with Crippen molar-refractivity contribution in [2.24, 2.45) is 5.73 Å². The Morgan fingerprint density at radius 3 is 2.67 bits per heavy atom. The third-order valence-corrected chi connectivity index (χ3v) is 5.96. The average molecular weight is 432 g/mol. The monoisotopic (exact) mass is 432 g/mol. The van der Waals surface area contributed by atoms with Crippen molar-refractivity contribution in [3.05, 3.63) is 48.4 Å². The number of nitrogens with two attached hydrogens (primary N) is 1. The SMILES string of the molecule is NC(=O)[N@@+]1(CC(=O)NC2CC(=O)OC2O)CC(CSc2ccccc2)=CC[C]C1=O. The number of aliphatic hydroxyl groups is 1. The van der Waals surface area contributed by atoms with Crippen molar-refractivity contribution >= 4 is 35.6 Å². The van der Waals surface area contributed by atoms with Gasteiger partial charge in [-0.15, -0.1) is 11.8 Å². The minimum Gasteiger partial charge on any atom is -0.434 e. The average Bonchev–Trinajstić information content (AvgIpc) is 2.92. The van der Waals surface area contributed by atoms with Gasteiger partial charge in [0, 0.05) is 10.6 Å². The summed E-state index contributed by atoms with van der Waals surface area (Å²) in [5.41, 5.74) is 6.35. The highest BCUT2D eigenvalue weighted by Gasteiger charge is 2.47. The number of primary amides is 1. The Bertz CT molecular complexity index is 875. The molecule has 2 unspecified atom stereocenters. The first-order chi connectivity index (χ1) is 14.3. The van der Waals surface area contributed by atoms with Crippen LogP contribution in [0.15, 0.2) is 46.9 Å². The van der Waals surface area contributed by atoms with E-state index in [9.17, 15) is 24.3 Å². The van der Waals surface area contributed by atoms with Gasteiger partial charge < -0.3 is 20.9 Å². The summed E-state index contributed by atoms with van der Waals surface area (Å²) in [5, 5.41) is 12.1. The Morgan fingerprint density at radius 2 is 2.03 bits per heavy atom. The molecule has 1 aromatic rings. The number of cyclic esters (lactones) is 1. The Morgan fingerprint density at radius 1 is 1.30 bits per heavy atom. The molecule has 0 aromatic heterocycles. The van der Waals surface area contributed by atoms with E-state index in [1.807, 2.05) is 36.4 Å². The van der Waals surface area contributed by atoms with E-state index in [2.05, 4.69) is 16.5 Å². The second kappa shape index (κ2) is 9.41. The topological polar surface area (TPSA) is 136 Å². The Labute approximate surface area is 177 Å². The highest BCUT2D eigenvalue weighted by atomic mass is 32.2. The van der Waals surface area contributed by atoms with Gasteiger partial charge in [-0.2, -0.15) is 4.48 Å². The Kier molecular flexibility index (Phi) is 6.91. The zero-order chi connectivity index (χ0) is 21.7. The molecule has 0 spiro atoms. The summed E-state index contributed by atoms with van der Waals surface area (Å²) in [6.45, 7) is -0.622. The largest absolute Gasteiger partial charge is 0.434 e. The molecule has 2 radical (unpaired) electrons. The first kappa shape index (κ1) is 22.0. The molecule has 0 bridgehead atoms. The molecule has 0 saturated carbocycles. The molecule has 1 saturated heterocycles. The van der Waals surface area contributed by atoms with E-state index in [0.717, 1.165) is 10.5 Å². The number of thioether (sulfide) groups is 1. The van der Waals surface area contributed by atoms with Crippen LogP contribution in [-0.4, -0.2) is 64.6 Å². The lowest BCUT2D eigenvalue weighted by atomic mass is 10.2. The maximum absolute atomic E-state index is 12.7. The van der Waals surface area contributed by atoms with Crippen LogP contribution in [0.5, 0.6) is 0 Å². The molecule has 30 heavy (non-hydrogen) atoms. The van der Waals surface area contributed by atoms with Crippen molar-refractivity contribution in [3.63, 3.8) is 0 Å². The van der Waals surface area contributed by atoms with Crippen LogP contribution in [0.1, 0.15) is 12.8 Å². The van der Waals surface area contributed by atoms with Crippen molar-refractivity contribution in [1.29, 1.82) is 0 Å². The van der Waals surface area contributed by atoms with Gasteiger partial charge in [0.15, 0.2) is 6.54 Å². The van der Waals surface area contributed by atoms with Crippen molar-refractivity contribution < 1.29 is 33.5 Å². The number of ether oxygens (including phenoxy) is 1. The van der Waals surface area contributed by atoms with Gasteiger partial charge in [-0.3, -0.25) is 9.59 Å². The molecule has 2 aliphatic rings. The molecule has 2 heterocycles. The summed E-state index contributed by atoms with van der Waals surface area (Å²) >= 11 is 1.54. The number of benzene rings is 1. The molecule has 4 amide bonds. The molecule has 0 aliphatic carbocycles. The summed E-state index contributed by atoms with van der Waals surface area (Å²) in [4.78, 5) is 49.9. The number of aliphatic hydroxyl groups excluding tert-OH is 1. The van der Waals surface area contributed by atoms with Crippen LogP contribution in [0.2, 0.25) is 0 Å². The molecule has 4 N–H and O–H groups in total. The zero-order valence-corrected chi connectivity index (χ0v) is 16.9. The molecule has 3 rings (SSSR count). The summed E-state index contributed by atoms with van der Waals surface area (Å²) < 4.78 is 3.64. The highest BCUT2D eigenvalue weighted by molar-refractivity contribution is 7.99. The molecule has 2 aliphatic heterocycles. The third kappa shape index (κ3) is 5.07. The number of quaternary nitrogens is 1. The number of rotatable bonds is 6. The minimum absolute atomic E-state index is 0.0585. The molecular formula is C20H22N3O6S+. The van der Waals surface area contributed by atoms with Crippen LogP contribution < -0.4 is 11.1 Å². The number of hydrogen-bond acceptors (Lipinski definition) is 7. The van der Waals surface area contributed by atoms with Gasteiger partial charge >= 0.3 is 17.9 Å². The lowest BCUT2D eigenvalue weighted by Crippen LogP contribution is -2.64. The van der Waals surface area contributed by atoms with Gasteiger partial charge in [-0.05, 0) is 24.1 Å².